The van der Waals surface area contributed by atoms with Gasteiger partial charge in [0, 0.05) is 42.1 Å². The molecule has 0 spiro atoms. The molecule has 1 atom stereocenters. The van der Waals surface area contributed by atoms with Crippen LogP contribution < -0.4 is 9.64 Å². The van der Waals surface area contributed by atoms with Crippen molar-refractivity contribution in [3.8, 4) is 5.75 Å². The average Bonchev–Trinajstić information content (AvgIpc) is 3.05. The fraction of sp³-hybridized carbons (Fsp3) is 0.208. The number of rotatable bonds is 4. The van der Waals surface area contributed by atoms with Crippen LogP contribution in [0, 0.1) is 6.92 Å². The molecule has 164 valence electrons. The summed E-state index contributed by atoms with van der Waals surface area (Å²) in [5.41, 5.74) is 3.72. The zero-order valence-electron chi connectivity index (χ0n) is 18.1. The van der Waals surface area contributed by atoms with Crippen molar-refractivity contribution in [1.29, 1.82) is 0 Å². The number of nitrogens with zero attached hydrogens (tertiary/aromatic N) is 3. The largest absolute Gasteiger partial charge is 0.497 e. The Labute approximate surface area is 190 Å². The molecule has 1 aliphatic heterocycles. The van der Waals surface area contributed by atoms with Crippen LogP contribution in [0.3, 0.4) is 0 Å². The number of esters is 1. The van der Waals surface area contributed by atoms with E-state index in [2.05, 4.69) is 4.99 Å². The third kappa shape index (κ3) is 3.76. The molecule has 7 nitrogen and oxygen atoms in total. The lowest BCUT2D eigenvalue weighted by atomic mass is 10.0. The first kappa shape index (κ1) is 21.6. The summed E-state index contributed by atoms with van der Waals surface area (Å²) in [6, 6.07) is 13.8. The number of aromatic nitrogens is 1. The van der Waals surface area contributed by atoms with Gasteiger partial charge in [0.2, 0.25) is 0 Å². The minimum Gasteiger partial charge on any atom is -0.497 e. The Bertz CT molecular complexity index is 1250. The molecule has 0 aliphatic carbocycles. The first-order valence-electron chi connectivity index (χ1n) is 9.93. The number of aliphatic imine (C=N–C) groups is 1. The van der Waals surface area contributed by atoms with Gasteiger partial charge in [0.25, 0.3) is 12.1 Å². The molecule has 2 heterocycles. The molecular formula is C24H22ClN3O4. The summed E-state index contributed by atoms with van der Waals surface area (Å²) >= 11 is 6.48. The maximum Gasteiger partial charge on any atom is 0.340 e. The zero-order chi connectivity index (χ0) is 23.0. The van der Waals surface area contributed by atoms with Gasteiger partial charge < -0.3 is 18.9 Å². The zero-order valence-corrected chi connectivity index (χ0v) is 18.9. The fourth-order valence-electron chi connectivity index (χ4n) is 3.63. The SMILES string of the molecule is COc1cccc(C(=O)OC2N=C(c3ccccc3Cl)c3c(cn(C)c3C)N(C)C2=O)c1. The number of methoxy groups -OCH3 is 1. The van der Waals surface area contributed by atoms with Crippen molar-refractivity contribution in [3.63, 3.8) is 0 Å². The van der Waals surface area contributed by atoms with Gasteiger partial charge in [-0.1, -0.05) is 35.9 Å². The summed E-state index contributed by atoms with van der Waals surface area (Å²) < 4.78 is 12.7. The number of carbonyl (C=O) groups excluding carboxylic acids is 2. The van der Waals surface area contributed by atoms with E-state index in [4.69, 9.17) is 21.1 Å². The van der Waals surface area contributed by atoms with Gasteiger partial charge in [-0.05, 0) is 31.2 Å². The van der Waals surface area contributed by atoms with Gasteiger partial charge in [-0.15, -0.1) is 0 Å². The second-order valence-corrected chi connectivity index (χ2v) is 7.84. The Morgan fingerprint density at radius 3 is 2.59 bits per heavy atom. The lowest BCUT2D eigenvalue weighted by Gasteiger charge is -2.19. The third-order valence-corrected chi connectivity index (χ3v) is 5.83. The molecule has 1 aliphatic rings. The second kappa shape index (κ2) is 8.51. The monoisotopic (exact) mass is 451 g/mol. The van der Waals surface area contributed by atoms with Gasteiger partial charge in [0.1, 0.15) is 5.75 Å². The number of carbonyl (C=O) groups is 2. The summed E-state index contributed by atoms with van der Waals surface area (Å²) in [5.74, 6) is -0.635. The summed E-state index contributed by atoms with van der Waals surface area (Å²) in [6.45, 7) is 1.94. The number of ether oxygens (including phenoxy) is 2. The molecule has 8 heteroatoms. The molecule has 0 saturated carbocycles. The molecule has 4 rings (SSSR count). The van der Waals surface area contributed by atoms with Gasteiger partial charge in [0.05, 0.1) is 24.1 Å². The van der Waals surface area contributed by atoms with E-state index >= 15 is 0 Å². The van der Waals surface area contributed by atoms with Crippen molar-refractivity contribution in [3.05, 3.63) is 82.1 Å². The third-order valence-electron chi connectivity index (χ3n) is 5.50. The maximum absolute atomic E-state index is 13.3. The number of anilines is 1. The van der Waals surface area contributed by atoms with Crippen molar-refractivity contribution in [1.82, 2.24) is 4.57 Å². The Kier molecular flexibility index (Phi) is 5.76. The maximum atomic E-state index is 13.3. The normalized spacial score (nSPS) is 15.7. The minimum atomic E-state index is -1.37. The number of fused-ring (bicyclic) bond motifs is 1. The van der Waals surface area contributed by atoms with Crippen LogP contribution in [0.1, 0.15) is 27.2 Å². The highest BCUT2D eigenvalue weighted by atomic mass is 35.5. The summed E-state index contributed by atoms with van der Waals surface area (Å²) in [5, 5.41) is 0.482. The molecule has 1 aromatic heterocycles. The quantitative estimate of drug-likeness (QED) is 0.562. The van der Waals surface area contributed by atoms with Gasteiger partial charge in [-0.25, -0.2) is 9.79 Å². The Hall–Kier alpha value is -3.58. The molecule has 3 aromatic rings. The molecule has 0 bridgehead atoms. The number of aryl methyl sites for hydroxylation is 1. The number of hydrogen-bond acceptors (Lipinski definition) is 5. The summed E-state index contributed by atoms with van der Waals surface area (Å²) in [7, 11) is 5.04. The molecule has 0 saturated heterocycles. The van der Waals surface area contributed by atoms with Crippen LogP contribution in [-0.4, -0.2) is 42.5 Å². The van der Waals surface area contributed by atoms with Gasteiger partial charge in [0.15, 0.2) is 0 Å². The molecule has 32 heavy (non-hydrogen) atoms. The molecule has 2 aromatic carbocycles. The predicted octanol–water partition coefficient (Wildman–Crippen LogP) is 3.99. The van der Waals surface area contributed by atoms with Gasteiger partial charge in [-0.2, -0.15) is 0 Å². The van der Waals surface area contributed by atoms with E-state index in [1.54, 1.807) is 37.4 Å². The molecule has 1 amide bonds. The smallest absolute Gasteiger partial charge is 0.340 e. The highest BCUT2D eigenvalue weighted by Crippen LogP contribution is 2.33. The Balaban J connectivity index is 1.82. The van der Waals surface area contributed by atoms with Crippen LogP contribution in [0.25, 0.3) is 0 Å². The average molecular weight is 452 g/mol. The molecule has 0 radical (unpaired) electrons. The highest BCUT2D eigenvalue weighted by molar-refractivity contribution is 6.36. The summed E-state index contributed by atoms with van der Waals surface area (Å²) in [6.07, 6.45) is 0.475. The molecular weight excluding hydrogens is 430 g/mol. The van der Waals surface area contributed by atoms with Crippen molar-refractivity contribution >= 4 is 34.9 Å². The van der Waals surface area contributed by atoms with E-state index in [0.29, 0.717) is 27.7 Å². The Morgan fingerprint density at radius 2 is 1.88 bits per heavy atom. The first-order valence-corrected chi connectivity index (χ1v) is 10.3. The summed E-state index contributed by atoms with van der Waals surface area (Å²) in [4.78, 5) is 32.2. The van der Waals surface area contributed by atoms with E-state index in [1.807, 2.05) is 42.9 Å². The molecule has 0 fully saturated rings. The van der Waals surface area contributed by atoms with Gasteiger partial charge >= 0.3 is 5.97 Å². The predicted molar refractivity (Wildman–Crippen MR) is 123 cm³/mol. The van der Waals surface area contributed by atoms with E-state index in [1.165, 1.54) is 12.0 Å². The number of hydrogen-bond donors (Lipinski definition) is 0. The van der Waals surface area contributed by atoms with Crippen LogP contribution in [0.5, 0.6) is 5.75 Å². The van der Waals surface area contributed by atoms with Crippen LogP contribution in [0.2, 0.25) is 5.02 Å². The van der Waals surface area contributed by atoms with Crippen molar-refractivity contribution in [2.45, 2.75) is 13.2 Å². The van der Waals surface area contributed by atoms with Crippen molar-refractivity contribution < 1.29 is 19.1 Å². The Morgan fingerprint density at radius 1 is 1.12 bits per heavy atom. The highest BCUT2D eigenvalue weighted by Gasteiger charge is 2.35. The fourth-order valence-corrected chi connectivity index (χ4v) is 3.85. The van der Waals surface area contributed by atoms with E-state index in [9.17, 15) is 9.59 Å². The van der Waals surface area contributed by atoms with Crippen molar-refractivity contribution in [2.24, 2.45) is 12.0 Å². The van der Waals surface area contributed by atoms with Crippen LogP contribution in [-0.2, 0) is 16.6 Å². The lowest BCUT2D eigenvalue weighted by molar-refractivity contribution is -0.126. The number of halogens is 1. The minimum absolute atomic E-state index is 0.257. The number of benzene rings is 2. The standard InChI is InChI=1S/C24H22ClN3O4/c1-14-20-19(13-27(14)2)28(3)23(29)22(26-21(20)17-10-5-6-11-18(17)25)32-24(30)15-8-7-9-16(12-15)31-4/h5-13,22H,1-4H3. The number of amides is 1. The van der Waals surface area contributed by atoms with Crippen LogP contribution in [0.4, 0.5) is 5.69 Å². The topological polar surface area (TPSA) is 73.1 Å². The first-order chi connectivity index (χ1) is 15.3. The molecule has 1 unspecified atom stereocenters. The van der Waals surface area contributed by atoms with Crippen molar-refractivity contribution in [2.75, 3.05) is 19.1 Å². The van der Waals surface area contributed by atoms with E-state index < -0.39 is 18.1 Å². The van der Waals surface area contributed by atoms with Crippen LogP contribution in [0.15, 0.2) is 59.7 Å². The van der Waals surface area contributed by atoms with Gasteiger partial charge in [-0.3, -0.25) is 4.79 Å². The van der Waals surface area contributed by atoms with Crippen LogP contribution >= 0.6 is 11.6 Å². The lowest BCUT2D eigenvalue weighted by Crippen LogP contribution is -2.37. The number of likely N-dealkylation sites (N-methyl/N-ethyl adjacent to an activating group) is 1. The van der Waals surface area contributed by atoms with E-state index in [-0.39, 0.29) is 5.56 Å². The molecule has 0 N–H and O–H groups in total. The van der Waals surface area contributed by atoms with E-state index in [0.717, 1.165) is 11.3 Å². The second-order valence-electron chi connectivity index (χ2n) is 7.43.